The van der Waals surface area contributed by atoms with E-state index < -0.39 is 0 Å². The average Bonchev–Trinajstić information content (AvgIpc) is 3.51. The number of rotatable bonds is 9. The minimum absolute atomic E-state index is 0. The summed E-state index contributed by atoms with van der Waals surface area (Å²) in [4.78, 5) is 13.0. The molecule has 0 aliphatic rings. The largest absolute Gasteiger partial charge is 0.512 e. The normalized spacial score (nSPS) is 11.6. The summed E-state index contributed by atoms with van der Waals surface area (Å²) in [5.74, 6) is 0.547. The van der Waals surface area contributed by atoms with E-state index in [1.807, 2.05) is 49.8 Å². The predicted molar refractivity (Wildman–Crippen MR) is 197 cm³/mol. The van der Waals surface area contributed by atoms with Crippen molar-refractivity contribution in [1.82, 2.24) is 0 Å². The summed E-state index contributed by atoms with van der Waals surface area (Å²) in [5.41, 5.74) is 4.50. The summed E-state index contributed by atoms with van der Waals surface area (Å²) in [6, 6.07) is 32.4. The van der Waals surface area contributed by atoms with Gasteiger partial charge in [0.1, 0.15) is 0 Å². The molecule has 4 aromatic carbocycles. The summed E-state index contributed by atoms with van der Waals surface area (Å²) >= 11 is 1.81. The first kappa shape index (κ1) is 36.0. The molecule has 3 nitrogen and oxygen atoms in total. The zero-order valence-corrected chi connectivity index (χ0v) is 31.0. The number of thiophene rings is 1. The van der Waals surface area contributed by atoms with Crippen LogP contribution in [0.15, 0.2) is 109 Å². The number of hydrogen-bond donors (Lipinski definition) is 1. The Hall–Kier alpha value is -3.89. The maximum atomic E-state index is 11.7. The number of benzene rings is 4. The molecule has 0 unspecified atom stereocenters. The molecule has 6 aromatic rings. The SMILES string of the molecule is CCC(CC)C(=O)/C=C(\O)C(CC)CC.[CH2-]c1cc2c(ccc3ccccc32)cc1-c1c2sc(-c3ccccc3)cc2cc[n+]1[CH2-].[Ir]. The number of aromatic nitrogens is 1. The van der Waals surface area contributed by atoms with Gasteiger partial charge in [-0.05, 0) is 64.9 Å². The molecule has 0 amide bonds. The van der Waals surface area contributed by atoms with Gasteiger partial charge >= 0.3 is 0 Å². The Balaban J connectivity index is 0.000000269. The smallest absolute Gasteiger partial charge is 0.162 e. The van der Waals surface area contributed by atoms with Crippen molar-refractivity contribution in [1.29, 1.82) is 0 Å². The van der Waals surface area contributed by atoms with E-state index in [4.69, 9.17) is 0 Å². The van der Waals surface area contributed by atoms with E-state index in [-0.39, 0.29) is 43.5 Å². The van der Waals surface area contributed by atoms with Gasteiger partial charge < -0.3 is 9.67 Å². The maximum Gasteiger partial charge on any atom is 0.162 e. The molecule has 6 rings (SSSR count). The van der Waals surface area contributed by atoms with Crippen LogP contribution in [0.1, 0.15) is 58.9 Å². The third-order valence-electron chi connectivity index (χ3n) is 9.06. The molecular formula is C42H44IrNO2S-. The second kappa shape index (κ2) is 16.3. The first-order valence-corrected chi connectivity index (χ1v) is 17.2. The number of aliphatic hydroxyl groups is 1. The van der Waals surface area contributed by atoms with Crippen LogP contribution in [0.25, 0.3) is 53.3 Å². The number of carbonyl (C=O) groups excluding carboxylic acids is 1. The quantitative estimate of drug-likeness (QED) is 0.0519. The second-order valence-electron chi connectivity index (χ2n) is 11.9. The first-order chi connectivity index (χ1) is 22.3. The van der Waals surface area contributed by atoms with Crippen LogP contribution >= 0.6 is 11.3 Å². The van der Waals surface area contributed by atoms with Crippen molar-refractivity contribution in [2.75, 3.05) is 0 Å². The van der Waals surface area contributed by atoms with Gasteiger partial charge in [0.15, 0.2) is 5.78 Å². The number of aliphatic hydroxyl groups excluding tert-OH is 1. The molecule has 245 valence electrons. The second-order valence-corrected chi connectivity index (χ2v) is 13.0. The Morgan fingerprint density at radius 2 is 1.43 bits per heavy atom. The van der Waals surface area contributed by atoms with Gasteiger partial charge in [0.2, 0.25) is 0 Å². The van der Waals surface area contributed by atoms with Gasteiger partial charge in [0.05, 0.1) is 17.6 Å². The molecular weight excluding hydrogens is 775 g/mol. The van der Waals surface area contributed by atoms with Crippen molar-refractivity contribution in [2.24, 2.45) is 11.8 Å². The Morgan fingerprint density at radius 1 is 0.787 bits per heavy atom. The third-order valence-corrected chi connectivity index (χ3v) is 10.3. The number of allylic oxidation sites excluding steroid dienone is 2. The van der Waals surface area contributed by atoms with Gasteiger partial charge in [0, 0.05) is 54.6 Å². The molecule has 47 heavy (non-hydrogen) atoms. The molecule has 2 heterocycles. The molecule has 0 saturated carbocycles. The van der Waals surface area contributed by atoms with E-state index in [0.717, 1.165) is 42.5 Å². The van der Waals surface area contributed by atoms with Gasteiger partial charge in [0.25, 0.3) is 0 Å². The molecule has 0 fully saturated rings. The first-order valence-electron chi connectivity index (χ1n) is 16.4. The van der Waals surface area contributed by atoms with Crippen LogP contribution in [0, 0.1) is 25.8 Å². The van der Waals surface area contributed by atoms with Crippen molar-refractivity contribution >= 4 is 48.8 Å². The average molecular weight is 819 g/mol. The van der Waals surface area contributed by atoms with Crippen molar-refractivity contribution in [3.05, 3.63) is 129 Å². The third kappa shape index (κ3) is 7.81. The fraction of sp³-hybridized carbons (Fsp3) is 0.238. The number of carbonyl (C=O) groups is 1. The van der Waals surface area contributed by atoms with Crippen LogP contribution in [0.3, 0.4) is 0 Å². The van der Waals surface area contributed by atoms with Crippen LogP contribution in [-0.4, -0.2) is 10.9 Å². The van der Waals surface area contributed by atoms with Crippen LogP contribution in [0.5, 0.6) is 0 Å². The molecule has 1 N–H and O–H groups in total. The standard InChI is InChI=1S/C29H20NS.C13H24O2.Ir/c1-19-16-26-22(13-12-20-8-6-7-11-24(20)26)17-25(19)28-29-23(14-15-30(28)2)18-27(31-29)21-9-4-3-5-10-21;1-5-10(6-2)12(14)9-13(15)11(7-3)8-4;/h3-18H,1-2H2;9-11,14H,5-8H2,1-4H3;/q-1;;/b;12-9-;. The number of fused-ring (bicyclic) bond motifs is 4. The number of hydrogen-bond acceptors (Lipinski definition) is 3. The molecule has 0 saturated heterocycles. The van der Waals surface area contributed by atoms with Gasteiger partial charge in [-0.15, -0.1) is 23.0 Å². The van der Waals surface area contributed by atoms with E-state index in [2.05, 4.69) is 105 Å². The van der Waals surface area contributed by atoms with Crippen molar-refractivity contribution in [2.45, 2.75) is 53.4 Å². The van der Waals surface area contributed by atoms with Crippen LogP contribution in [-0.2, 0) is 24.9 Å². The molecule has 2 aromatic heterocycles. The number of ketones is 1. The van der Waals surface area contributed by atoms with Crippen molar-refractivity contribution < 1.29 is 34.6 Å². The van der Waals surface area contributed by atoms with E-state index in [9.17, 15) is 9.90 Å². The molecule has 0 bridgehead atoms. The molecule has 0 aliphatic carbocycles. The van der Waals surface area contributed by atoms with Gasteiger partial charge in [-0.1, -0.05) is 99.8 Å². The Kier molecular flexibility index (Phi) is 12.5. The van der Waals surface area contributed by atoms with E-state index >= 15 is 0 Å². The van der Waals surface area contributed by atoms with Crippen LogP contribution in [0.4, 0.5) is 0 Å². The maximum absolute atomic E-state index is 11.7. The number of pyridine rings is 1. The van der Waals surface area contributed by atoms with E-state index in [1.165, 1.54) is 48.1 Å². The Bertz CT molecular complexity index is 2000. The van der Waals surface area contributed by atoms with Crippen molar-refractivity contribution in [3.63, 3.8) is 0 Å². The molecule has 0 aliphatic heterocycles. The Labute approximate surface area is 297 Å². The fourth-order valence-electron chi connectivity index (χ4n) is 6.21. The van der Waals surface area contributed by atoms with Gasteiger partial charge in [-0.2, -0.15) is 18.6 Å². The zero-order chi connectivity index (χ0) is 32.8. The minimum Gasteiger partial charge on any atom is -0.512 e. The molecule has 0 spiro atoms. The minimum atomic E-state index is 0. The Morgan fingerprint density at radius 3 is 2.11 bits per heavy atom. The van der Waals surface area contributed by atoms with Gasteiger partial charge in [-0.25, -0.2) is 0 Å². The zero-order valence-electron chi connectivity index (χ0n) is 27.8. The summed E-state index contributed by atoms with van der Waals surface area (Å²) in [6.07, 6.45) is 6.95. The monoisotopic (exact) mass is 819 g/mol. The van der Waals surface area contributed by atoms with Crippen LogP contribution < -0.4 is 4.57 Å². The summed E-state index contributed by atoms with van der Waals surface area (Å²) in [6.45, 7) is 12.5. The predicted octanol–water partition coefficient (Wildman–Crippen LogP) is 11.5. The van der Waals surface area contributed by atoms with Gasteiger partial charge in [-0.3, -0.25) is 4.79 Å². The number of nitrogens with zero attached hydrogens (tertiary/aromatic N) is 1. The molecule has 5 heteroatoms. The fourth-order valence-corrected chi connectivity index (χ4v) is 7.44. The van der Waals surface area contributed by atoms with E-state index in [1.54, 1.807) is 0 Å². The topological polar surface area (TPSA) is 41.2 Å². The summed E-state index contributed by atoms with van der Waals surface area (Å²) in [5, 5.41) is 16.0. The molecule has 1 radical (unpaired) electrons. The summed E-state index contributed by atoms with van der Waals surface area (Å²) < 4.78 is 3.21. The molecule has 0 atom stereocenters. The van der Waals surface area contributed by atoms with E-state index in [0.29, 0.717) is 0 Å². The van der Waals surface area contributed by atoms with Crippen LogP contribution in [0.2, 0.25) is 0 Å². The summed E-state index contributed by atoms with van der Waals surface area (Å²) in [7, 11) is 4.30. The van der Waals surface area contributed by atoms with Crippen molar-refractivity contribution in [3.8, 4) is 21.7 Å².